The molecule has 0 spiro atoms. The van der Waals surface area contributed by atoms with E-state index in [4.69, 9.17) is 4.74 Å². The zero-order valence-electron chi connectivity index (χ0n) is 8.38. The molecular formula is C10H14O3. The Bertz CT molecular complexity index is 291. The van der Waals surface area contributed by atoms with Crippen LogP contribution in [-0.4, -0.2) is 17.2 Å². The molecule has 0 aromatic rings. The molecular weight excluding hydrogens is 168 g/mol. The fraction of sp³-hybridized carbons (Fsp3) is 0.600. The third kappa shape index (κ3) is 1.39. The van der Waals surface area contributed by atoms with Crippen molar-refractivity contribution in [2.24, 2.45) is 5.92 Å². The summed E-state index contributed by atoms with van der Waals surface area (Å²) in [5, 5.41) is 0. The number of Topliss-reactive ketones (excluding diaryl/α,β-unsaturated/α-hetero) is 2. The summed E-state index contributed by atoms with van der Waals surface area (Å²) in [7, 11) is 0. The highest BCUT2D eigenvalue weighted by molar-refractivity contribution is 6.02. The zero-order valence-corrected chi connectivity index (χ0v) is 8.38. The molecule has 13 heavy (non-hydrogen) atoms. The lowest BCUT2D eigenvalue weighted by atomic mass is 9.80. The summed E-state index contributed by atoms with van der Waals surface area (Å²) < 4.78 is 5.29. The van der Waals surface area contributed by atoms with Gasteiger partial charge in [0.15, 0.2) is 17.2 Å². The Balaban J connectivity index is 3.07. The first-order chi connectivity index (χ1) is 5.89. The molecule has 0 aromatic heterocycles. The van der Waals surface area contributed by atoms with Crippen LogP contribution in [0, 0.1) is 5.92 Å². The monoisotopic (exact) mass is 182 g/mol. The lowest BCUT2D eigenvalue weighted by Gasteiger charge is -2.35. The molecule has 1 aliphatic rings. The number of hydrogen-bond donors (Lipinski definition) is 0. The van der Waals surface area contributed by atoms with Crippen molar-refractivity contribution in [2.75, 3.05) is 0 Å². The predicted molar refractivity (Wildman–Crippen MR) is 48.1 cm³/mol. The molecule has 1 aliphatic heterocycles. The SMILES string of the molecule is CC(=O)[C@@]1(C)OC=C(C)C(=O)[C@H]1C. The molecule has 0 saturated heterocycles. The Morgan fingerprint density at radius 1 is 1.62 bits per heavy atom. The van der Waals surface area contributed by atoms with Gasteiger partial charge in [0.05, 0.1) is 12.2 Å². The summed E-state index contributed by atoms with van der Waals surface area (Å²) in [5.74, 6) is -0.518. The fourth-order valence-electron chi connectivity index (χ4n) is 1.35. The second-order valence-corrected chi connectivity index (χ2v) is 3.67. The summed E-state index contributed by atoms with van der Waals surface area (Å²) in [5.41, 5.74) is -0.400. The van der Waals surface area contributed by atoms with Gasteiger partial charge < -0.3 is 4.74 Å². The molecule has 0 unspecified atom stereocenters. The highest BCUT2D eigenvalue weighted by atomic mass is 16.5. The van der Waals surface area contributed by atoms with Gasteiger partial charge in [-0.25, -0.2) is 0 Å². The minimum absolute atomic E-state index is 0.0102. The van der Waals surface area contributed by atoms with Crippen LogP contribution in [-0.2, 0) is 14.3 Å². The minimum atomic E-state index is -0.976. The van der Waals surface area contributed by atoms with Gasteiger partial charge in [0.1, 0.15) is 0 Å². The largest absolute Gasteiger partial charge is 0.486 e. The van der Waals surface area contributed by atoms with Crippen molar-refractivity contribution >= 4 is 11.6 Å². The van der Waals surface area contributed by atoms with Crippen molar-refractivity contribution in [1.29, 1.82) is 0 Å². The Hall–Kier alpha value is -1.12. The molecule has 0 saturated carbocycles. The van der Waals surface area contributed by atoms with E-state index in [9.17, 15) is 9.59 Å². The minimum Gasteiger partial charge on any atom is -0.486 e. The van der Waals surface area contributed by atoms with Crippen molar-refractivity contribution in [3.63, 3.8) is 0 Å². The van der Waals surface area contributed by atoms with Crippen molar-refractivity contribution in [3.8, 4) is 0 Å². The lowest BCUT2D eigenvalue weighted by Crippen LogP contribution is -2.48. The summed E-state index contributed by atoms with van der Waals surface area (Å²) in [6.07, 6.45) is 1.38. The smallest absolute Gasteiger partial charge is 0.173 e. The maximum atomic E-state index is 11.5. The highest BCUT2D eigenvalue weighted by Gasteiger charge is 2.44. The molecule has 0 aromatic carbocycles. The van der Waals surface area contributed by atoms with E-state index in [2.05, 4.69) is 0 Å². The molecule has 1 heterocycles. The van der Waals surface area contributed by atoms with E-state index in [1.807, 2.05) is 0 Å². The van der Waals surface area contributed by atoms with Crippen molar-refractivity contribution in [1.82, 2.24) is 0 Å². The van der Waals surface area contributed by atoms with E-state index >= 15 is 0 Å². The van der Waals surface area contributed by atoms with Gasteiger partial charge in [-0.2, -0.15) is 0 Å². The van der Waals surface area contributed by atoms with Gasteiger partial charge in [0.25, 0.3) is 0 Å². The summed E-state index contributed by atoms with van der Waals surface area (Å²) in [4.78, 5) is 22.8. The van der Waals surface area contributed by atoms with E-state index in [0.717, 1.165) is 0 Å². The molecule has 0 aliphatic carbocycles. The maximum Gasteiger partial charge on any atom is 0.173 e. The lowest BCUT2D eigenvalue weighted by molar-refractivity contribution is -0.148. The average molecular weight is 182 g/mol. The molecule has 0 N–H and O–H groups in total. The van der Waals surface area contributed by atoms with Crippen LogP contribution in [0.5, 0.6) is 0 Å². The number of hydrogen-bond acceptors (Lipinski definition) is 3. The molecule has 3 heteroatoms. The molecule has 72 valence electrons. The second kappa shape index (κ2) is 2.98. The Kier molecular flexibility index (Phi) is 2.28. The second-order valence-electron chi connectivity index (χ2n) is 3.67. The summed E-state index contributed by atoms with van der Waals surface area (Å²) >= 11 is 0. The van der Waals surface area contributed by atoms with E-state index in [1.54, 1.807) is 20.8 Å². The van der Waals surface area contributed by atoms with E-state index in [-0.39, 0.29) is 11.6 Å². The molecule has 3 nitrogen and oxygen atoms in total. The van der Waals surface area contributed by atoms with Gasteiger partial charge in [-0.1, -0.05) is 6.92 Å². The van der Waals surface area contributed by atoms with Crippen LogP contribution in [0.4, 0.5) is 0 Å². The third-order valence-corrected chi connectivity index (χ3v) is 2.79. The Morgan fingerprint density at radius 3 is 2.62 bits per heavy atom. The maximum absolute atomic E-state index is 11.5. The normalized spacial score (nSPS) is 33.7. The summed E-state index contributed by atoms with van der Waals surface area (Å²) in [6.45, 7) is 6.51. The van der Waals surface area contributed by atoms with Gasteiger partial charge in [-0.15, -0.1) is 0 Å². The van der Waals surface area contributed by atoms with Gasteiger partial charge in [-0.3, -0.25) is 9.59 Å². The molecule has 0 amide bonds. The Labute approximate surface area is 77.8 Å². The average Bonchev–Trinajstić information content (AvgIpc) is 2.08. The van der Waals surface area contributed by atoms with Crippen LogP contribution >= 0.6 is 0 Å². The van der Waals surface area contributed by atoms with Crippen LogP contribution in [0.1, 0.15) is 27.7 Å². The van der Waals surface area contributed by atoms with Crippen LogP contribution < -0.4 is 0 Å². The molecule has 0 bridgehead atoms. The van der Waals surface area contributed by atoms with E-state index in [1.165, 1.54) is 13.2 Å². The molecule has 0 fully saturated rings. The van der Waals surface area contributed by atoms with Crippen LogP contribution in [0.25, 0.3) is 0 Å². The topological polar surface area (TPSA) is 43.4 Å². The standard InChI is InChI=1S/C10H14O3/c1-6-5-13-10(4,8(3)11)7(2)9(6)12/h5,7H,1-4H3/t7-,10+/m1/s1. The first-order valence-electron chi connectivity index (χ1n) is 4.29. The van der Waals surface area contributed by atoms with Crippen LogP contribution in [0.3, 0.4) is 0 Å². The third-order valence-electron chi connectivity index (χ3n) is 2.79. The molecule has 0 radical (unpaired) electrons. The predicted octanol–water partition coefficient (Wildman–Crippen LogP) is 1.47. The van der Waals surface area contributed by atoms with Crippen molar-refractivity contribution in [2.45, 2.75) is 33.3 Å². The first-order valence-corrected chi connectivity index (χ1v) is 4.29. The van der Waals surface area contributed by atoms with Crippen molar-refractivity contribution < 1.29 is 14.3 Å². The first kappa shape index (κ1) is 9.96. The Morgan fingerprint density at radius 2 is 2.15 bits per heavy atom. The van der Waals surface area contributed by atoms with Gasteiger partial charge in [0.2, 0.25) is 0 Å². The quantitative estimate of drug-likeness (QED) is 0.616. The molecule has 2 atom stereocenters. The molecule has 1 rings (SSSR count). The highest BCUT2D eigenvalue weighted by Crippen LogP contribution is 2.30. The van der Waals surface area contributed by atoms with Gasteiger partial charge >= 0.3 is 0 Å². The van der Waals surface area contributed by atoms with Crippen molar-refractivity contribution in [3.05, 3.63) is 11.8 Å². The van der Waals surface area contributed by atoms with E-state index < -0.39 is 11.5 Å². The number of allylic oxidation sites excluding steroid dienone is 1. The zero-order chi connectivity index (χ0) is 10.2. The van der Waals surface area contributed by atoms with E-state index in [0.29, 0.717) is 5.57 Å². The van der Waals surface area contributed by atoms with Gasteiger partial charge in [0, 0.05) is 5.57 Å². The van der Waals surface area contributed by atoms with Crippen LogP contribution in [0.15, 0.2) is 11.8 Å². The number of carbonyl (C=O) groups is 2. The van der Waals surface area contributed by atoms with Gasteiger partial charge in [-0.05, 0) is 20.8 Å². The number of ether oxygens (including phenoxy) is 1. The summed E-state index contributed by atoms with van der Waals surface area (Å²) in [6, 6.07) is 0. The number of carbonyl (C=O) groups excluding carboxylic acids is 2. The van der Waals surface area contributed by atoms with Crippen LogP contribution in [0.2, 0.25) is 0 Å². The number of rotatable bonds is 1. The number of ketones is 2. The fourth-order valence-corrected chi connectivity index (χ4v) is 1.35.